The summed E-state index contributed by atoms with van der Waals surface area (Å²) in [4.78, 5) is 15.9. The molecule has 0 aromatic carbocycles. The van der Waals surface area contributed by atoms with E-state index in [1.54, 1.807) is 17.1 Å². The molecular weight excluding hydrogens is 220 g/mol. The summed E-state index contributed by atoms with van der Waals surface area (Å²) < 4.78 is 6.59. The Balaban J connectivity index is 1.73. The van der Waals surface area contributed by atoms with Crippen molar-refractivity contribution in [3.8, 4) is 0 Å². The van der Waals surface area contributed by atoms with Gasteiger partial charge in [0.05, 0.1) is 25.5 Å². The van der Waals surface area contributed by atoms with Crippen LogP contribution in [0.15, 0.2) is 24.5 Å². The number of carbonyl (C=O) groups is 1. The van der Waals surface area contributed by atoms with Gasteiger partial charge in [-0.15, -0.1) is 0 Å². The summed E-state index contributed by atoms with van der Waals surface area (Å²) in [5.41, 5.74) is 0.729. The molecule has 3 rings (SSSR count). The minimum atomic E-state index is -0.0612. The Hall–Kier alpha value is -1.95. The second kappa shape index (κ2) is 4.14. The molecule has 1 saturated heterocycles. The van der Waals surface area contributed by atoms with Gasteiger partial charge < -0.3 is 10.1 Å². The third kappa shape index (κ3) is 1.99. The van der Waals surface area contributed by atoms with E-state index in [9.17, 15) is 4.79 Å². The molecule has 0 bridgehead atoms. The molecule has 2 aromatic rings. The number of rotatable bonds is 3. The number of ether oxygens (including phenoxy) is 1. The van der Waals surface area contributed by atoms with Crippen molar-refractivity contribution in [1.82, 2.24) is 20.1 Å². The molecule has 0 radical (unpaired) electrons. The second-order valence-corrected chi connectivity index (χ2v) is 4.02. The van der Waals surface area contributed by atoms with Gasteiger partial charge in [-0.3, -0.25) is 4.79 Å². The smallest absolute Gasteiger partial charge is 0.242 e. The van der Waals surface area contributed by atoms with Crippen LogP contribution < -0.4 is 5.32 Å². The molecule has 1 amide bonds. The Labute approximate surface area is 97.6 Å². The normalized spacial score (nSPS) is 15.8. The summed E-state index contributed by atoms with van der Waals surface area (Å²) in [5, 5.41) is 7.95. The van der Waals surface area contributed by atoms with Gasteiger partial charge in [-0.25, -0.2) is 9.67 Å². The average molecular weight is 232 g/mol. The number of nitrogens with zero attached hydrogens (tertiary/aromatic N) is 3. The Bertz CT molecular complexity index is 547. The van der Waals surface area contributed by atoms with Crippen molar-refractivity contribution in [2.75, 3.05) is 13.2 Å². The minimum Gasteiger partial charge on any atom is -0.377 e. The van der Waals surface area contributed by atoms with Crippen LogP contribution in [0.4, 0.5) is 0 Å². The molecule has 6 nitrogen and oxygen atoms in total. The maximum Gasteiger partial charge on any atom is 0.242 e. The zero-order valence-electron chi connectivity index (χ0n) is 9.17. The molecule has 1 N–H and O–H groups in total. The Kier molecular flexibility index (Phi) is 2.49. The number of hydrogen-bond acceptors (Lipinski definition) is 4. The molecule has 1 aliphatic rings. The highest BCUT2D eigenvalue weighted by molar-refractivity contribution is 5.79. The van der Waals surface area contributed by atoms with Crippen LogP contribution in [0.1, 0.15) is 0 Å². The van der Waals surface area contributed by atoms with E-state index in [0.29, 0.717) is 13.2 Å². The van der Waals surface area contributed by atoms with Gasteiger partial charge in [0.2, 0.25) is 5.91 Å². The first kappa shape index (κ1) is 10.2. The van der Waals surface area contributed by atoms with Crippen molar-refractivity contribution < 1.29 is 9.53 Å². The molecule has 3 heterocycles. The van der Waals surface area contributed by atoms with Gasteiger partial charge in [0.25, 0.3) is 0 Å². The zero-order valence-corrected chi connectivity index (χ0v) is 9.17. The number of amides is 1. The number of hydrogen-bond donors (Lipinski definition) is 1. The third-order valence-corrected chi connectivity index (χ3v) is 2.69. The summed E-state index contributed by atoms with van der Waals surface area (Å²) in [6.45, 7) is 1.39. The van der Waals surface area contributed by atoms with Gasteiger partial charge in [-0.05, 0) is 12.1 Å². The van der Waals surface area contributed by atoms with Crippen LogP contribution in [0.2, 0.25) is 0 Å². The van der Waals surface area contributed by atoms with E-state index in [4.69, 9.17) is 4.74 Å². The number of carbonyl (C=O) groups excluding carboxylic acids is 1. The van der Waals surface area contributed by atoms with Gasteiger partial charge in [0.15, 0.2) is 5.65 Å². The van der Waals surface area contributed by atoms with Crippen LogP contribution in [0.3, 0.4) is 0 Å². The highest BCUT2D eigenvalue weighted by Gasteiger charge is 2.20. The monoisotopic (exact) mass is 232 g/mol. The largest absolute Gasteiger partial charge is 0.377 e. The summed E-state index contributed by atoms with van der Waals surface area (Å²) in [7, 11) is 0. The first-order valence-corrected chi connectivity index (χ1v) is 5.46. The first-order chi connectivity index (χ1) is 8.33. The van der Waals surface area contributed by atoms with E-state index in [-0.39, 0.29) is 18.5 Å². The van der Waals surface area contributed by atoms with Crippen molar-refractivity contribution in [2.45, 2.75) is 12.6 Å². The molecule has 0 aliphatic carbocycles. The number of nitrogens with one attached hydrogen (secondary N) is 1. The fourth-order valence-electron chi connectivity index (χ4n) is 1.76. The quantitative estimate of drug-likeness (QED) is 0.805. The van der Waals surface area contributed by atoms with Crippen molar-refractivity contribution in [2.24, 2.45) is 0 Å². The fraction of sp³-hybridized carbons (Fsp3) is 0.364. The van der Waals surface area contributed by atoms with Crippen LogP contribution in [0, 0.1) is 0 Å². The Morgan fingerprint density at radius 3 is 3.24 bits per heavy atom. The molecule has 0 unspecified atom stereocenters. The van der Waals surface area contributed by atoms with Crippen molar-refractivity contribution >= 4 is 16.9 Å². The Morgan fingerprint density at radius 2 is 2.47 bits per heavy atom. The van der Waals surface area contributed by atoms with Crippen LogP contribution >= 0.6 is 0 Å². The number of pyridine rings is 1. The summed E-state index contributed by atoms with van der Waals surface area (Å²) >= 11 is 0. The fourth-order valence-corrected chi connectivity index (χ4v) is 1.76. The molecule has 88 valence electrons. The van der Waals surface area contributed by atoms with E-state index in [0.717, 1.165) is 11.0 Å². The zero-order chi connectivity index (χ0) is 11.7. The van der Waals surface area contributed by atoms with Crippen molar-refractivity contribution in [3.05, 3.63) is 24.5 Å². The van der Waals surface area contributed by atoms with Crippen molar-refractivity contribution in [3.63, 3.8) is 0 Å². The lowest BCUT2D eigenvalue weighted by atomic mass is 10.2. The van der Waals surface area contributed by atoms with Gasteiger partial charge in [-0.1, -0.05) is 0 Å². The summed E-state index contributed by atoms with van der Waals surface area (Å²) in [6, 6.07) is 3.92. The van der Waals surface area contributed by atoms with E-state index in [2.05, 4.69) is 15.4 Å². The van der Waals surface area contributed by atoms with Gasteiger partial charge >= 0.3 is 0 Å². The van der Waals surface area contributed by atoms with Gasteiger partial charge in [0, 0.05) is 11.6 Å². The molecule has 1 fully saturated rings. The molecule has 0 saturated carbocycles. The second-order valence-electron chi connectivity index (χ2n) is 4.02. The van der Waals surface area contributed by atoms with Crippen LogP contribution in [-0.4, -0.2) is 39.9 Å². The lowest BCUT2D eigenvalue weighted by molar-refractivity contribution is -0.125. The molecular formula is C11H12N4O2. The third-order valence-electron chi connectivity index (χ3n) is 2.69. The SMILES string of the molecule is O=C(Cn1ncc2cccnc21)NC1COC1. The van der Waals surface area contributed by atoms with E-state index < -0.39 is 0 Å². The van der Waals surface area contributed by atoms with Crippen LogP contribution in [0.25, 0.3) is 11.0 Å². The lowest BCUT2D eigenvalue weighted by Crippen LogP contribution is -2.49. The van der Waals surface area contributed by atoms with Crippen LogP contribution in [-0.2, 0) is 16.1 Å². The predicted octanol–water partition coefficient (Wildman–Crippen LogP) is -0.0537. The summed E-state index contributed by atoms with van der Waals surface area (Å²) in [5.74, 6) is -0.0612. The van der Waals surface area contributed by atoms with E-state index in [1.165, 1.54) is 0 Å². The first-order valence-electron chi connectivity index (χ1n) is 5.46. The number of aromatic nitrogens is 3. The molecule has 0 atom stereocenters. The molecule has 1 aliphatic heterocycles. The highest BCUT2D eigenvalue weighted by atomic mass is 16.5. The van der Waals surface area contributed by atoms with Gasteiger partial charge in [-0.2, -0.15) is 5.10 Å². The Morgan fingerprint density at radius 1 is 1.59 bits per heavy atom. The lowest BCUT2D eigenvalue weighted by Gasteiger charge is -2.26. The molecule has 6 heteroatoms. The van der Waals surface area contributed by atoms with E-state index >= 15 is 0 Å². The average Bonchev–Trinajstić information content (AvgIpc) is 2.68. The van der Waals surface area contributed by atoms with Crippen LogP contribution in [0.5, 0.6) is 0 Å². The minimum absolute atomic E-state index is 0.0612. The van der Waals surface area contributed by atoms with E-state index in [1.807, 2.05) is 12.1 Å². The highest BCUT2D eigenvalue weighted by Crippen LogP contribution is 2.09. The molecule has 2 aromatic heterocycles. The number of fused-ring (bicyclic) bond motifs is 1. The molecule has 0 spiro atoms. The van der Waals surface area contributed by atoms with Crippen molar-refractivity contribution in [1.29, 1.82) is 0 Å². The topological polar surface area (TPSA) is 69.0 Å². The maximum atomic E-state index is 11.7. The predicted molar refractivity (Wildman–Crippen MR) is 60.3 cm³/mol. The van der Waals surface area contributed by atoms with Gasteiger partial charge in [0.1, 0.15) is 6.54 Å². The standard InChI is InChI=1S/C11H12N4O2/c16-10(14-9-6-17-7-9)5-15-11-8(4-13-15)2-1-3-12-11/h1-4,9H,5-7H2,(H,14,16). The summed E-state index contributed by atoms with van der Waals surface area (Å²) in [6.07, 6.45) is 3.40. The maximum absolute atomic E-state index is 11.7. The molecule has 17 heavy (non-hydrogen) atoms.